The van der Waals surface area contributed by atoms with Crippen molar-refractivity contribution >= 4 is 0 Å². The molecule has 0 heterocycles. The average Bonchev–Trinajstić information content (AvgIpc) is 2.60. The molecule has 0 saturated carbocycles. The van der Waals surface area contributed by atoms with Gasteiger partial charge in [-0.2, -0.15) is 0 Å². The fourth-order valence-corrected chi connectivity index (χ4v) is 3.66. The number of ether oxygens (including phenoxy) is 1. The Labute approximate surface area is 153 Å². The van der Waals surface area contributed by atoms with E-state index in [-0.39, 0.29) is 12.0 Å². The summed E-state index contributed by atoms with van der Waals surface area (Å²) in [6.45, 7) is 1.87. The highest BCUT2D eigenvalue weighted by molar-refractivity contribution is 5.39. The van der Waals surface area contributed by atoms with E-state index in [0.717, 1.165) is 36.6 Å². The van der Waals surface area contributed by atoms with Crippen LogP contribution in [0.1, 0.15) is 42.5 Å². The van der Waals surface area contributed by atoms with Crippen molar-refractivity contribution in [2.45, 2.75) is 44.9 Å². The first-order valence-electron chi connectivity index (χ1n) is 9.02. The Hall–Kier alpha value is -1.98. The largest absolute Gasteiger partial charge is 0.497 e. The molecule has 26 heavy (non-hydrogen) atoms. The van der Waals surface area contributed by atoms with E-state index in [1.807, 2.05) is 19.1 Å². The second-order valence-electron chi connectivity index (χ2n) is 7.08. The van der Waals surface area contributed by atoms with Crippen molar-refractivity contribution < 1.29 is 18.6 Å². The van der Waals surface area contributed by atoms with Crippen LogP contribution in [0.25, 0.3) is 0 Å². The summed E-state index contributed by atoms with van der Waals surface area (Å²) in [4.78, 5) is 0. The lowest BCUT2D eigenvalue weighted by atomic mass is 9.87. The van der Waals surface area contributed by atoms with Gasteiger partial charge in [0.25, 0.3) is 0 Å². The molecule has 0 amide bonds. The lowest BCUT2D eigenvalue weighted by Gasteiger charge is -2.31. The molecule has 2 aromatic carbocycles. The summed E-state index contributed by atoms with van der Waals surface area (Å²) in [6.07, 6.45) is 2.61. The highest BCUT2D eigenvalue weighted by Gasteiger charge is 2.25. The van der Waals surface area contributed by atoms with Crippen LogP contribution in [-0.2, 0) is 12.8 Å². The summed E-state index contributed by atoms with van der Waals surface area (Å²) in [5, 5.41) is 13.9. The topological polar surface area (TPSA) is 41.5 Å². The maximum Gasteiger partial charge on any atom is 0.126 e. The van der Waals surface area contributed by atoms with Gasteiger partial charge in [0.2, 0.25) is 0 Å². The van der Waals surface area contributed by atoms with Crippen LogP contribution in [0.4, 0.5) is 8.78 Å². The Balaban J connectivity index is 1.69. The van der Waals surface area contributed by atoms with Gasteiger partial charge in [0, 0.05) is 12.1 Å². The Morgan fingerprint density at radius 3 is 2.62 bits per heavy atom. The number of aryl methyl sites for hydroxylation is 1. The van der Waals surface area contributed by atoms with E-state index < -0.39 is 17.9 Å². The van der Waals surface area contributed by atoms with Crippen LogP contribution in [0.2, 0.25) is 0 Å². The van der Waals surface area contributed by atoms with Gasteiger partial charge in [0.05, 0.1) is 7.11 Å². The van der Waals surface area contributed by atoms with E-state index in [2.05, 4.69) is 11.4 Å². The van der Waals surface area contributed by atoms with E-state index in [1.54, 1.807) is 7.11 Å². The summed E-state index contributed by atoms with van der Waals surface area (Å²) >= 11 is 0. The van der Waals surface area contributed by atoms with Gasteiger partial charge >= 0.3 is 0 Å². The van der Waals surface area contributed by atoms with E-state index in [1.165, 1.54) is 17.7 Å². The third kappa shape index (κ3) is 4.40. The van der Waals surface area contributed by atoms with Crippen molar-refractivity contribution in [2.75, 3.05) is 7.11 Å². The summed E-state index contributed by atoms with van der Waals surface area (Å²) in [5.41, 5.74) is 2.96. The number of aliphatic hydroxyl groups excluding tert-OH is 1. The Morgan fingerprint density at radius 1 is 1.19 bits per heavy atom. The van der Waals surface area contributed by atoms with Gasteiger partial charge in [0.15, 0.2) is 0 Å². The predicted molar refractivity (Wildman–Crippen MR) is 97.0 cm³/mol. The molecule has 5 heteroatoms. The lowest BCUT2D eigenvalue weighted by Crippen LogP contribution is -2.39. The van der Waals surface area contributed by atoms with Crippen molar-refractivity contribution in [3.63, 3.8) is 0 Å². The molecule has 140 valence electrons. The number of fused-ring (bicyclic) bond motifs is 1. The molecule has 2 aromatic rings. The van der Waals surface area contributed by atoms with Crippen LogP contribution in [0.3, 0.4) is 0 Å². The maximum atomic E-state index is 13.4. The van der Waals surface area contributed by atoms with Gasteiger partial charge in [-0.25, -0.2) is 8.78 Å². The molecule has 0 aromatic heterocycles. The van der Waals surface area contributed by atoms with Gasteiger partial charge < -0.3 is 9.84 Å². The first kappa shape index (κ1) is 18.8. The van der Waals surface area contributed by atoms with E-state index in [0.29, 0.717) is 12.0 Å². The number of hydrogen-bond donors (Lipinski definition) is 2. The molecule has 1 aliphatic rings. The Bertz CT molecular complexity index is 745. The molecule has 3 atom stereocenters. The molecular formula is C21H25F2NO2. The molecule has 0 radical (unpaired) electrons. The highest BCUT2D eigenvalue weighted by Crippen LogP contribution is 2.33. The number of aliphatic hydroxyl groups is 1. The van der Waals surface area contributed by atoms with Crippen LogP contribution in [0.15, 0.2) is 36.4 Å². The smallest absolute Gasteiger partial charge is 0.126 e. The monoisotopic (exact) mass is 361 g/mol. The molecule has 2 N–H and O–H groups in total. The molecule has 3 nitrogen and oxygen atoms in total. The molecule has 1 aliphatic carbocycles. The standard InChI is InChI=1S/C21H25F2NO2/c1-13(8-14-9-16(22)11-17(23)10-14)21(25)24-20-5-3-4-15-6-7-18(26-2)12-19(15)20/h6-7,9-13,20-21,24-25H,3-5,8H2,1-2H3/t13-,20?,21-/m0/s1. The van der Waals surface area contributed by atoms with Crippen LogP contribution in [-0.4, -0.2) is 18.4 Å². The minimum Gasteiger partial charge on any atom is -0.497 e. The number of methoxy groups -OCH3 is 1. The second kappa shape index (κ2) is 8.14. The van der Waals surface area contributed by atoms with E-state index in [4.69, 9.17) is 4.74 Å². The van der Waals surface area contributed by atoms with Crippen molar-refractivity contribution in [1.82, 2.24) is 5.32 Å². The summed E-state index contributed by atoms with van der Waals surface area (Å²) < 4.78 is 32.0. The Kier molecular flexibility index (Phi) is 5.89. The van der Waals surface area contributed by atoms with Crippen molar-refractivity contribution in [3.8, 4) is 5.75 Å². The van der Waals surface area contributed by atoms with Gasteiger partial charge in [-0.05, 0) is 72.6 Å². The first-order chi connectivity index (χ1) is 12.5. The lowest BCUT2D eigenvalue weighted by molar-refractivity contribution is 0.0671. The second-order valence-corrected chi connectivity index (χ2v) is 7.08. The zero-order chi connectivity index (χ0) is 18.7. The zero-order valence-electron chi connectivity index (χ0n) is 15.1. The normalized spacial score (nSPS) is 18.9. The molecule has 3 rings (SSSR count). The highest BCUT2D eigenvalue weighted by atomic mass is 19.1. The number of benzene rings is 2. The fourth-order valence-electron chi connectivity index (χ4n) is 3.66. The third-order valence-electron chi connectivity index (χ3n) is 5.06. The molecule has 0 bridgehead atoms. The average molecular weight is 361 g/mol. The fraction of sp³-hybridized carbons (Fsp3) is 0.429. The molecule has 0 aliphatic heterocycles. The van der Waals surface area contributed by atoms with E-state index >= 15 is 0 Å². The molecule has 0 saturated heterocycles. The molecule has 1 unspecified atom stereocenters. The van der Waals surface area contributed by atoms with Crippen LogP contribution in [0.5, 0.6) is 5.75 Å². The molecule has 0 fully saturated rings. The van der Waals surface area contributed by atoms with Crippen LogP contribution in [0, 0.1) is 17.6 Å². The third-order valence-corrected chi connectivity index (χ3v) is 5.06. The summed E-state index contributed by atoms with van der Waals surface area (Å²) in [6, 6.07) is 9.57. The molecular weight excluding hydrogens is 336 g/mol. The van der Waals surface area contributed by atoms with Gasteiger partial charge in [-0.15, -0.1) is 0 Å². The summed E-state index contributed by atoms with van der Waals surface area (Å²) in [5.74, 6) is -0.576. The van der Waals surface area contributed by atoms with Gasteiger partial charge in [0.1, 0.15) is 23.6 Å². The van der Waals surface area contributed by atoms with Crippen molar-refractivity contribution in [2.24, 2.45) is 5.92 Å². The number of hydrogen-bond acceptors (Lipinski definition) is 3. The first-order valence-corrected chi connectivity index (χ1v) is 9.02. The van der Waals surface area contributed by atoms with Crippen molar-refractivity contribution in [3.05, 3.63) is 64.7 Å². The van der Waals surface area contributed by atoms with Crippen molar-refractivity contribution in [1.29, 1.82) is 0 Å². The quantitative estimate of drug-likeness (QED) is 0.760. The number of halogens is 2. The predicted octanol–water partition coefficient (Wildman–Crippen LogP) is 4.14. The molecule has 0 spiro atoms. The van der Waals surface area contributed by atoms with E-state index in [9.17, 15) is 13.9 Å². The minimum absolute atomic E-state index is 0.0375. The Morgan fingerprint density at radius 2 is 1.92 bits per heavy atom. The number of rotatable bonds is 6. The number of nitrogens with one attached hydrogen (secondary N) is 1. The zero-order valence-corrected chi connectivity index (χ0v) is 15.1. The summed E-state index contributed by atoms with van der Waals surface area (Å²) in [7, 11) is 1.64. The SMILES string of the molecule is COc1ccc2c(c1)C(N[C@@H](O)[C@@H](C)Cc1cc(F)cc(F)c1)CCC2. The van der Waals surface area contributed by atoms with Gasteiger partial charge in [-0.1, -0.05) is 13.0 Å². The van der Waals surface area contributed by atoms with Crippen LogP contribution < -0.4 is 10.1 Å². The van der Waals surface area contributed by atoms with Crippen LogP contribution >= 0.6 is 0 Å². The maximum absolute atomic E-state index is 13.4. The van der Waals surface area contributed by atoms with Gasteiger partial charge in [-0.3, -0.25) is 5.32 Å². The minimum atomic E-state index is -0.775.